The van der Waals surface area contributed by atoms with Gasteiger partial charge in [0.25, 0.3) is 5.91 Å². The van der Waals surface area contributed by atoms with E-state index >= 15 is 9.59 Å². The number of aliphatic carboxylic acids is 3. The molecule has 5 aliphatic heterocycles. The van der Waals surface area contributed by atoms with Gasteiger partial charge in [-0.05, 0) is 101 Å². The smallest absolute Gasteiger partial charge is 0.426 e. The number of ether oxygens (including phenoxy) is 3. The Kier molecular flexibility index (Phi) is 41.5. The summed E-state index contributed by atoms with van der Waals surface area (Å²) in [6.45, 7) is 5.17. The molecule has 1 spiro atoms. The Labute approximate surface area is 817 Å². The van der Waals surface area contributed by atoms with Gasteiger partial charge >= 0.3 is 30.0 Å². The third-order valence-electron chi connectivity index (χ3n) is 28.6. The molecule has 4 fully saturated rings. The number of nitrogens with one attached hydrogen (secondary N) is 10. The molecule has 23 unspecified atom stereocenters. The summed E-state index contributed by atoms with van der Waals surface area (Å²) in [6, 6.07) is 0.367. The van der Waals surface area contributed by atoms with E-state index in [-0.39, 0.29) is 25.0 Å². The van der Waals surface area contributed by atoms with Gasteiger partial charge in [-0.15, -0.1) is 0 Å². The van der Waals surface area contributed by atoms with Crippen LogP contribution in [0.1, 0.15) is 178 Å². The van der Waals surface area contributed by atoms with Gasteiger partial charge < -0.3 is 153 Å². The highest BCUT2D eigenvalue weighted by Crippen LogP contribution is 2.68. The molecule has 48 heteroatoms. The van der Waals surface area contributed by atoms with Crippen LogP contribution < -0.4 is 63.4 Å². The number of carbonyl (C=O) groups is 13. The maximum absolute atomic E-state index is 15.6. The number of aliphatic hydroxyl groups excluding tert-OH is 11. The van der Waals surface area contributed by atoms with Gasteiger partial charge in [0, 0.05) is 140 Å². The number of fused-ring (bicyclic) bond motifs is 3. The van der Waals surface area contributed by atoms with E-state index in [1.807, 2.05) is 63.3 Å². The first kappa shape index (κ1) is 114. The first-order valence-electron chi connectivity index (χ1n) is 47.6. The molecule has 782 valence electrons. The molecule has 3 aromatic rings. The van der Waals surface area contributed by atoms with Crippen LogP contribution in [-0.2, 0) is 84.3 Å². The van der Waals surface area contributed by atoms with Crippen LogP contribution in [0.15, 0.2) is 48.6 Å². The van der Waals surface area contributed by atoms with Crippen LogP contribution in [0, 0.1) is 5.41 Å². The molecule has 140 heavy (non-hydrogen) atoms. The monoisotopic (exact) mass is 2020 g/mol. The second-order valence-corrected chi connectivity index (χ2v) is 39.9. The zero-order chi connectivity index (χ0) is 103. The highest BCUT2D eigenvalue weighted by molar-refractivity contribution is 8.76. The maximum atomic E-state index is 15.6. The number of nitrogens with zero attached hydrogens (tertiary/aromatic N) is 3. The molecule has 6 heterocycles. The van der Waals surface area contributed by atoms with Crippen molar-refractivity contribution in [1.29, 1.82) is 0 Å². The second-order valence-electron chi connectivity index (χ2n) is 37.3. The number of carboxylic acids is 3. The third-order valence-corrected chi connectivity index (χ3v) is 31.0. The lowest BCUT2D eigenvalue weighted by Crippen LogP contribution is -2.82. The van der Waals surface area contributed by atoms with E-state index in [1.165, 1.54) is 14.2 Å². The van der Waals surface area contributed by atoms with E-state index in [9.17, 15) is 134 Å². The van der Waals surface area contributed by atoms with E-state index < -0.39 is 292 Å². The van der Waals surface area contributed by atoms with Crippen molar-refractivity contribution in [3.05, 3.63) is 70.9 Å². The summed E-state index contributed by atoms with van der Waals surface area (Å²) in [4.78, 5) is 188. The normalized spacial score (nSPS) is 24.7. The molecule has 9 amide bonds. The quantitative estimate of drug-likeness (QED) is 0.00634. The first-order valence-corrected chi connectivity index (χ1v) is 50.1. The van der Waals surface area contributed by atoms with Crippen LogP contribution in [0.5, 0.6) is 5.75 Å². The molecule has 1 aliphatic carbocycles. The average molecular weight is 2020 g/mol. The topological polar surface area (TPSA) is 730 Å². The lowest BCUT2D eigenvalue weighted by atomic mass is 9.47. The molecule has 2 aromatic carbocycles. The summed E-state index contributed by atoms with van der Waals surface area (Å²) < 4.78 is 18.6. The number of quaternary nitrogens is 1. The Balaban J connectivity index is 0.908. The number of H-pyrrole nitrogens is 1. The lowest BCUT2D eigenvalue weighted by molar-refractivity contribution is -0.978. The van der Waals surface area contributed by atoms with Crippen LogP contribution in [-0.4, -0.2) is 393 Å². The van der Waals surface area contributed by atoms with Crippen molar-refractivity contribution in [2.24, 2.45) is 11.1 Å². The van der Waals surface area contributed by atoms with Gasteiger partial charge in [-0.3, -0.25) is 63.1 Å². The summed E-state index contributed by atoms with van der Waals surface area (Å²) in [7, 11) is 6.24. The molecule has 1 saturated carbocycles. The van der Waals surface area contributed by atoms with E-state index in [2.05, 4.69) is 58.0 Å². The Morgan fingerprint density at radius 1 is 0.657 bits per heavy atom. The second kappa shape index (κ2) is 51.0. The summed E-state index contributed by atoms with van der Waals surface area (Å²) in [5, 5.41) is 186. The molecular formula is C92H141N14O32S2+. The molecular weight excluding hydrogens is 1880 g/mol. The number of aromatic nitrogens is 1. The average Bonchev–Trinajstić information content (AvgIpc) is 1.48. The summed E-state index contributed by atoms with van der Waals surface area (Å²) >= 11 is 0. The molecule has 28 N–H and O–H groups in total. The largest absolute Gasteiger partial charge is 0.496 e. The fourth-order valence-electron chi connectivity index (χ4n) is 21.1. The number of aromatic amines is 1. The number of para-hydroxylation sites is 1. The van der Waals surface area contributed by atoms with Crippen LogP contribution >= 0.6 is 21.6 Å². The number of hydrazine groups is 1. The van der Waals surface area contributed by atoms with Crippen molar-refractivity contribution in [3.8, 4) is 5.75 Å². The highest BCUT2D eigenvalue weighted by Gasteiger charge is 2.79. The molecule has 1 aromatic heterocycles. The van der Waals surface area contributed by atoms with Crippen molar-refractivity contribution in [2.75, 3.05) is 110 Å². The number of hydrogen-bond acceptors (Lipinski definition) is 34. The van der Waals surface area contributed by atoms with E-state index in [0.717, 1.165) is 68.3 Å². The molecule has 23 atom stereocenters. The number of likely N-dealkylation sites (N-methyl/N-ethyl adjacent to an activating group) is 1. The molecule has 3 saturated heterocycles. The van der Waals surface area contributed by atoms with Crippen LogP contribution in [0.4, 0.5) is 10.5 Å². The number of unbranched alkanes of at least 4 members (excludes halogenated alkanes) is 4. The SMILES string of the molecule is CCCC(C(=O)OC)(c1cc2c(cc1OC)N(C)C1C(O)(C(=O)NNC(=O)OCCSSCC(NC(=O)C(CCC(=O)NCC(O)C(O)C(O)C(O)CO)NC(=O)C(CCC(=O)O)NC(=O)C(CCC(=O)NCC(O)C(O)C(O)C(O)CO)NC(=O)C(CCC(=O)O)NC(=O)CCCCCCCN)C(=O)O)C(O)C3(CC)C=CCN4CCC21C43)c1[nH]c2ccccc2c1CC[N+]12CCC1CC(O)(CC)C2. The summed E-state index contributed by atoms with van der Waals surface area (Å²) in [6.07, 6.45) is -15.1. The van der Waals surface area contributed by atoms with Crippen LogP contribution in [0.2, 0.25) is 0 Å². The zero-order valence-corrected chi connectivity index (χ0v) is 81.2. The minimum atomic E-state index is -2.77. The Morgan fingerprint density at radius 3 is 1.73 bits per heavy atom. The van der Waals surface area contributed by atoms with E-state index in [1.54, 1.807) is 18.0 Å². The molecule has 6 aliphatic rings. The van der Waals surface area contributed by atoms with Crippen molar-refractivity contribution >= 4 is 115 Å². The van der Waals surface area contributed by atoms with Gasteiger partial charge in [0.05, 0.1) is 64.8 Å². The van der Waals surface area contributed by atoms with Gasteiger partial charge in [-0.25, -0.2) is 15.0 Å². The number of amides is 9. The summed E-state index contributed by atoms with van der Waals surface area (Å²) in [5.74, 6) is -15.0. The van der Waals surface area contributed by atoms with Crippen molar-refractivity contribution < 1.29 is 163 Å². The van der Waals surface area contributed by atoms with Crippen LogP contribution in [0.3, 0.4) is 0 Å². The number of carbonyl (C=O) groups excluding carboxylic acids is 10. The van der Waals surface area contributed by atoms with Gasteiger partial charge in [0.2, 0.25) is 41.4 Å². The fourth-order valence-corrected chi connectivity index (χ4v) is 23.1. The van der Waals surface area contributed by atoms with Gasteiger partial charge in [-0.1, -0.05) is 98.4 Å². The zero-order valence-electron chi connectivity index (χ0n) is 79.6. The van der Waals surface area contributed by atoms with Crippen molar-refractivity contribution in [1.82, 2.24) is 58.0 Å². The number of aliphatic hydroxyl groups is 13. The fraction of sp³-hybridized carbons (Fsp3) is 0.685. The minimum absolute atomic E-state index is 0.126. The number of esters is 1. The van der Waals surface area contributed by atoms with E-state index in [0.29, 0.717) is 118 Å². The van der Waals surface area contributed by atoms with Gasteiger partial charge in [-0.2, -0.15) is 0 Å². The number of nitrogens with two attached hydrogens (primary N) is 1. The maximum Gasteiger partial charge on any atom is 0.426 e. The first-order chi connectivity index (χ1) is 66.5. The standard InChI is InChI=1S/C92H140N14O32S2/c1-7-31-90(86(132)137-6,76-52(51-18-14-15-19-55(51)97-76)30-38-106-37-29-50(106)43-88(134,8-2)49-106)54-41-53-61(42-66(54)136-5)104(4)83-91(53)33-36-105-35-17-32-89(9-3,82(91)105)84(130)92(83,135)85(131)102-103-87(133)138-39-40-139-140-48-60(81(128)129)101-80(127)58(22-26-68(114)95-45-63(110)73(121)75(123)65(112)47-108)99-79(126)59(24-28-71(118)119)100-78(125)57(21-25-67(113)94-44-62(109)72(120)74(122)64(111)46-107)98-77(124)56(23-27-70(116)117)96-69(115)20-13-11-10-12-16-34-93/h14-15,17-19,32,41-42,50,56-60,62-65,72-75,82-84,97,107-112,120-123,130,134-135H,7-13,16,20-31,33-40,43-49,93H2,1-6H3,(H11-,94,95,96,98,99,100,101,102,103,113,114,115,116,117,118,119,124,125,126,127,128,129,131,133)/p+1. The number of rotatable bonds is 59. The molecule has 0 bridgehead atoms. The van der Waals surface area contributed by atoms with Crippen molar-refractivity contribution in [2.45, 2.75) is 287 Å². The minimum Gasteiger partial charge on any atom is -0.496 e. The van der Waals surface area contributed by atoms with Gasteiger partial charge in [0.15, 0.2) is 5.60 Å². The number of methoxy groups -OCH3 is 2. The number of hydrogen-bond donors (Lipinski definition) is 27. The Hall–Kier alpha value is -9.71. The molecule has 46 nitrogen and oxygen atoms in total. The number of anilines is 1. The lowest BCUT2D eigenvalue weighted by Gasteiger charge is -2.63. The predicted octanol–water partition coefficient (Wildman–Crippen LogP) is -4.34. The molecule has 0 radical (unpaired) electrons. The van der Waals surface area contributed by atoms with Crippen LogP contribution in [0.25, 0.3) is 10.9 Å². The number of carboxylic acid groups (broad SMARTS) is 3. The Morgan fingerprint density at radius 2 is 1.21 bits per heavy atom. The van der Waals surface area contributed by atoms with E-state index in [4.69, 9.17) is 19.9 Å². The van der Waals surface area contributed by atoms with Crippen molar-refractivity contribution in [3.63, 3.8) is 0 Å². The van der Waals surface area contributed by atoms with Gasteiger partial charge in [0.1, 0.15) is 103 Å². The predicted molar refractivity (Wildman–Crippen MR) is 505 cm³/mol. The third kappa shape index (κ3) is 25.9. The highest BCUT2D eigenvalue weighted by atomic mass is 33.1. The molecule has 9 rings (SSSR count). The Bertz CT molecular complexity index is 4850. The number of benzene rings is 2. The summed E-state index contributed by atoms with van der Waals surface area (Å²) in [5.41, 5.74) is 6.38.